The second kappa shape index (κ2) is 12.9. The van der Waals surface area contributed by atoms with E-state index in [-0.39, 0.29) is 0 Å². The minimum Gasteiger partial charge on any atom is -0.343 e. The molecular formula is C16H33NO. The molecule has 0 spiro atoms. The van der Waals surface area contributed by atoms with Crippen LogP contribution < -0.4 is 0 Å². The predicted molar refractivity (Wildman–Crippen MR) is 79.8 cm³/mol. The fourth-order valence-electron chi connectivity index (χ4n) is 2.23. The molecule has 2 heteroatoms. The Morgan fingerprint density at radius 1 is 0.778 bits per heavy atom. The van der Waals surface area contributed by atoms with Crippen LogP contribution in [0.15, 0.2) is 0 Å². The van der Waals surface area contributed by atoms with Gasteiger partial charge in [-0.3, -0.25) is 4.79 Å². The summed E-state index contributed by atoms with van der Waals surface area (Å²) in [4.78, 5) is 14.0. The Balaban J connectivity index is 3.58. The molecule has 0 aliphatic rings. The van der Waals surface area contributed by atoms with Crippen LogP contribution in [0.3, 0.4) is 0 Å². The van der Waals surface area contributed by atoms with Gasteiger partial charge in [0.25, 0.3) is 0 Å². The van der Waals surface area contributed by atoms with Crippen LogP contribution in [0.5, 0.6) is 0 Å². The van der Waals surface area contributed by atoms with E-state index in [9.17, 15) is 4.79 Å². The van der Waals surface area contributed by atoms with Crippen LogP contribution >= 0.6 is 0 Å². The fraction of sp³-hybridized carbons (Fsp3) is 0.938. The number of amides is 1. The predicted octanol–water partition coefficient (Wildman–Crippen LogP) is 4.78. The quantitative estimate of drug-likeness (QED) is 0.460. The van der Waals surface area contributed by atoms with Crippen molar-refractivity contribution >= 4 is 5.91 Å². The lowest BCUT2D eigenvalue weighted by Crippen LogP contribution is -2.31. The third-order valence-corrected chi connectivity index (χ3v) is 3.51. The topological polar surface area (TPSA) is 20.3 Å². The highest BCUT2D eigenvalue weighted by molar-refractivity contribution is 5.76. The van der Waals surface area contributed by atoms with Gasteiger partial charge in [-0.2, -0.15) is 0 Å². The molecule has 0 unspecified atom stereocenters. The van der Waals surface area contributed by atoms with E-state index in [0.29, 0.717) is 5.91 Å². The highest BCUT2D eigenvalue weighted by Crippen LogP contribution is 2.08. The fourth-order valence-corrected chi connectivity index (χ4v) is 2.23. The van der Waals surface area contributed by atoms with Crippen molar-refractivity contribution in [1.29, 1.82) is 0 Å². The average Bonchev–Trinajstić information content (AvgIpc) is 2.38. The Kier molecular flexibility index (Phi) is 12.5. The molecule has 0 saturated heterocycles. The third-order valence-electron chi connectivity index (χ3n) is 3.51. The van der Waals surface area contributed by atoms with Crippen LogP contribution in [0.4, 0.5) is 0 Å². The molecule has 0 aromatic carbocycles. The maximum Gasteiger partial charge on any atom is 0.222 e. The monoisotopic (exact) mass is 255 g/mol. The zero-order valence-electron chi connectivity index (χ0n) is 12.8. The summed E-state index contributed by atoms with van der Waals surface area (Å²) < 4.78 is 0. The van der Waals surface area contributed by atoms with Crippen molar-refractivity contribution in [2.45, 2.75) is 85.0 Å². The zero-order valence-corrected chi connectivity index (χ0v) is 12.8. The van der Waals surface area contributed by atoms with Crippen LogP contribution in [0, 0.1) is 0 Å². The van der Waals surface area contributed by atoms with Gasteiger partial charge in [-0.1, -0.05) is 58.8 Å². The highest BCUT2D eigenvalue weighted by atomic mass is 16.2. The maximum absolute atomic E-state index is 11.9. The Hall–Kier alpha value is -0.530. The molecule has 0 N–H and O–H groups in total. The number of unbranched alkanes of at least 4 members (excludes halogenated alkanes) is 7. The van der Waals surface area contributed by atoms with Crippen molar-refractivity contribution in [3.05, 3.63) is 0 Å². The van der Waals surface area contributed by atoms with Crippen molar-refractivity contribution in [3.63, 3.8) is 0 Å². The molecule has 108 valence electrons. The number of hydrogen-bond donors (Lipinski definition) is 0. The lowest BCUT2D eigenvalue weighted by atomic mass is 10.1. The summed E-state index contributed by atoms with van der Waals surface area (Å²) in [7, 11) is 0. The van der Waals surface area contributed by atoms with Crippen LogP contribution in [0.1, 0.15) is 85.0 Å². The number of nitrogens with zero attached hydrogens (tertiary/aromatic N) is 1. The minimum absolute atomic E-state index is 0.361. The van der Waals surface area contributed by atoms with Crippen molar-refractivity contribution in [2.75, 3.05) is 13.1 Å². The molecule has 2 nitrogen and oxygen atoms in total. The van der Waals surface area contributed by atoms with E-state index in [1.54, 1.807) is 0 Å². The molecule has 0 radical (unpaired) electrons. The van der Waals surface area contributed by atoms with Crippen LogP contribution in [-0.4, -0.2) is 23.9 Å². The van der Waals surface area contributed by atoms with E-state index >= 15 is 0 Å². The molecule has 0 aliphatic heterocycles. The molecule has 0 aliphatic carbocycles. The van der Waals surface area contributed by atoms with Gasteiger partial charge in [-0.05, 0) is 19.8 Å². The molecule has 0 bridgehead atoms. The summed E-state index contributed by atoms with van der Waals surface area (Å²) in [5, 5.41) is 0. The first kappa shape index (κ1) is 17.5. The van der Waals surface area contributed by atoms with E-state index in [2.05, 4.69) is 20.8 Å². The van der Waals surface area contributed by atoms with Crippen molar-refractivity contribution < 1.29 is 4.79 Å². The third kappa shape index (κ3) is 9.49. The molecular weight excluding hydrogens is 222 g/mol. The normalized spacial score (nSPS) is 10.6. The summed E-state index contributed by atoms with van der Waals surface area (Å²) in [5.41, 5.74) is 0. The second-order valence-corrected chi connectivity index (χ2v) is 5.20. The van der Waals surface area contributed by atoms with Gasteiger partial charge in [-0.25, -0.2) is 0 Å². The van der Waals surface area contributed by atoms with E-state index in [1.807, 2.05) is 4.90 Å². The van der Waals surface area contributed by atoms with Gasteiger partial charge < -0.3 is 4.90 Å². The maximum atomic E-state index is 11.9. The summed E-state index contributed by atoms with van der Waals surface area (Å²) in [6.45, 7) is 8.36. The van der Waals surface area contributed by atoms with Gasteiger partial charge in [0.05, 0.1) is 0 Å². The van der Waals surface area contributed by atoms with Gasteiger partial charge >= 0.3 is 0 Å². The Morgan fingerprint density at radius 3 is 1.94 bits per heavy atom. The Bertz CT molecular complexity index is 192. The molecule has 0 atom stereocenters. The number of carbonyl (C=O) groups is 1. The molecule has 0 saturated carbocycles. The molecule has 18 heavy (non-hydrogen) atoms. The largest absolute Gasteiger partial charge is 0.343 e. The summed E-state index contributed by atoms with van der Waals surface area (Å²) in [6.07, 6.45) is 12.0. The van der Waals surface area contributed by atoms with Crippen molar-refractivity contribution in [3.8, 4) is 0 Å². The molecule has 0 aromatic rings. The molecule has 1 amide bonds. The second-order valence-electron chi connectivity index (χ2n) is 5.20. The molecule has 0 aromatic heterocycles. The van der Waals surface area contributed by atoms with Gasteiger partial charge in [0, 0.05) is 19.5 Å². The minimum atomic E-state index is 0.361. The van der Waals surface area contributed by atoms with Crippen molar-refractivity contribution in [1.82, 2.24) is 4.90 Å². The number of hydrogen-bond acceptors (Lipinski definition) is 1. The van der Waals surface area contributed by atoms with Crippen LogP contribution in [0.25, 0.3) is 0 Å². The number of rotatable bonds is 12. The highest BCUT2D eigenvalue weighted by Gasteiger charge is 2.09. The van der Waals surface area contributed by atoms with Gasteiger partial charge in [0.15, 0.2) is 0 Å². The molecule has 0 rings (SSSR count). The summed E-state index contributed by atoms with van der Waals surface area (Å²) in [6, 6.07) is 0. The lowest BCUT2D eigenvalue weighted by Gasteiger charge is -2.20. The van der Waals surface area contributed by atoms with Crippen LogP contribution in [0.2, 0.25) is 0 Å². The first-order chi connectivity index (χ1) is 8.76. The first-order valence-electron chi connectivity index (χ1n) is 8.04. The Labute approximate surface area is 114 Å². The van der Waals surface area contributed by atoms with E-state index in [0.717, 1.165) is 25.9 Å². The average molecular weight is 255 g/mol. The van der Waals surface area contributed by atoms with E-state index in [4.69, 9.17) is 0 Å². The zero-order chi connectivity index (χ0) is 13.6. The van der Waals surface area contributed by atoms with Gasteiger partial charge in [-0.15, -0.1) is 0 Å². The van der Waals surface area contributed by atoms with E-state index in [1.165, 1.54) is 51.4 Å². The standard InChI is InChI=1S/C16H33NO/c1-4-7-9-10-11-13-15-17(6-3)16(18)14-12-8-5-2/h4-15H2,1-3H3. The number of carbonyl (C=O) groups excluding carboxylic acids is 1. The summed E-state index contributed by atoms with van der Waals surface area (Å²) in [5.74, 6) is 0.361. The molecule has 0 heterocycles. The first-order valence-corrected chi connectivity index (χ1v) is 8.04. The smallest absolute Gasteiger partial charge is 0.222 e. The lowest BCUT2D eigenvalue weighted by molar-refractivity contribution is -0.131. The Morgan fingerprint density at radius 2 is 1.33 bits per heavy atom. The van der Waals surface area contributed by atoms with Gasteiger partial charge in [0.2, 0.25) is 5.91 Å². The van der Waals surface area contributed by atoms with Crippen LogP contribution in [-0.2, 0) is 4.79 Å². The van der Waals surface area contributed by atoms with Gasteiger partial charge in [0.1, 0.15) is 0 Å². The SMILES string of the molecule is CCCCCCCCN(CC)C(=O)CCCCC. The molecule has 0 fully saturated rings. The van der Waals surface area contributed by atoms with E-state index < -0.39 is 0 Å². The summed E-state index contributed by atoms with van der Waals surface area (Å²) >= 11 is 0. The van der Waals surface area contributed by atoms with Crippen molar-refractivity contribution in [2.24, 2.45) is 0 Å².